The molecule has 4 rings (SSSR count). The first kappa shape index (κ1) is 18.2. The fraction of sp³-hybridized carbons (Fsp3) is 0.526. The van der Waals surface area contributed by atoms with E-state index in [0.717, 1.165) is 18.2 Å². The molecule has 8 heteroatoms. The first-order valence-corrected chi connectivity index (χ1v) is 11.0. The Bertz CT molecular complexity index is 968. The van der Waals surface area contributed by atoms with Crippen LogP contribution in [0.25, 0.3) is 11.0 Å². The molecular formula is C19H24N2O5S. The molecule has 0 aliphatic carbocycles. The fourth-order valence-electron chi connectivity index (χ4n) is 4.37. The molecule has 1 N–H and O–H groups in total. The highest BCUT2D eigenvalue weighted by molar-refractivity contribution is 7.91. The van der Waals surface area contributed by atoms with Crippen LogP contribution in [-0.4, -0.2) is 51.1 Å². The van der Waals surface area contributed by atoms with Gasteiger partial charge in [0.25, 0.3) is 0 Å². The molecule has 2 aromatic rings. The third kappa shape index (κ3) is 3.50. The summed E-state index contributed by atoms with van der Waals surface area (Å²) in [5.41, 5.74) is 0.442. The van der Waals surface area contributed by atoms with Crippen molar-refractivity contribution in [3.05, 3.63) is 30.0 Å². The maximum absolute atomic E-state index is 12.7. The zero-order valence-corrected chi connectivity index (χ0v) is 16.2. The number of benzene rings is 1. The number of nitrogens with zero attached hydrogens (tertiary/aromatic N) is 1. The lowest BCUT2D eigenvalue weighted by molar-refractivity contribution is 0.121. The summed E-state index contributed by atoms with van der Waals surface area (Å²) in [6.07, 6.45) is 2.35. The number of para-hydroxylation sites is 1. The Balaban J connectivity index is 1.44. The van der Waals surface area contributed by atoms with Crippen molar-refractivity contribution in [2.45, 2.75) is 25.8 Å². The lowest BCUT2D eigenvalue weighted by atomic mass is 9.80. The van der Waals surface area contributed by atoms with Crippen molar-refractivity contribution in [3.8, 4) is 5.75 Å². The van der Waals surface area contributed by atoms with E-state index in [1.54, 1.807) is 12.0 Å². The Morgan fingerprint density at radius 1 is 1.33 bits per heavy atom. The molecule has 1 atom stereocenters. The summed E-state index contributed by atoms with van der Waals surface area (Å²) in [6, 6.07) is 7.37. The number of furan rings is 1. The molecule has 3 heterocycles. The van der Waals surface area contributed by atoms with Crippen LogP contribution in [0.15, 0.2) is 28.7 Å². The number of likely N-dealkylation sites (tertiary alicyclic amines) is 1. The van der Waals surface area contributed by atoms with E-state index in [0.29, 0.717) is 36.6 Å². The molecule has 2 saturated heterocycles. The van der Waals surface area contributed by atoms with Crippen LogP contribution in [0, 0.1) is 5.41 Å². The van der Waals surface area contributed by atoms with Crippen LogP contribution in [0.5, 0.6) is 5.75 Å². The van der Waals surface area contributed by atoms with Gasteiger partial charge in [-0.05, 0) is 31.4 Å². The maximum atomic E-state index is 12.7. The number of hydrogen-bond acceptors (Lipinski definition) is 5. The van der Waals surface area contributed by atoms with Crippen molar-refractivity contribution in [3.63, 3.8) is 0 Å². The van der Waals surface area contributed by atoms with E-state index in [2.05, 4.69) is 5.32 Å². The van der Waals surface area contributed by atoms with E-state index in [4.69, 9.17) is 9.15 Å². The van der Waals surface area contributed by atoms with Crippen molar-refractivity contribution in [1.82, 2.24) is 10.2 Å². The predicted molar refractivity (Wildman–Crippen MR) is 102 cm³/mol. The summed E-state index contributed by atoms with van der Waals surface area (Å²) in [5, 5.41) is 3.77. The highest BCUT2D eigenvalue weighted by Crippen LogP contribution is 2.40. The normalized spacial score (nSPS) is 24.4. The number of carbonyl (C=O) groups excluding carboxylic acids is 1. The van der Waals surface area contributed by atoms with E-state index in [9.17, 15) is 13.2 Å². The number of sulfone groups is 1. The van der Waals surface area contributed by atoms with Crippen LogP contribution in [0.4, 0.5) is 4.79 Å². The number of ether oxygens (including phenoxy) is 1. The van der Waals surface area contributed by atoms with E-state index in [1.165, 1.54) is 0 Å². The van der Waals surface area contributed by atoms with Gasteiger partial charge >= 0.3 is 6.03 Å². The minimum Gasteiger partial charge on any atom is -0.492 e. The van der Waals surface area contributed by atoms with Crippen LogP contribution in [0.1, 0.15) is 25.0 Å². The minimum atomic E-state index is -2.97. The topological polar surface area (TPSA) is 88.9 Å². The smallest absolute Gasteiger partial charge is 0.317 e. The minimum absolute atomic E-state index is 0.194. The van der Waals surface area contributed by atoms with Gasteiger partial charge in [0, 0.05) is 18.5 Å². The number of amides is 2. The molecule has 2 aliphatic heterocycles. The third-order valence-electron chi connectivity index (χ3n) is 5.64. The Morgan fingerprint density at radius 3 is 2.89 bits per heavy atom. The highest BCUT2D eigenvalue weighted by Gasteiger charge is 2.45. The Labute approximate surface area is 158 Å². The lowest BCUT2D eigenvalue weighted by Gasteiger charge is -2.39. The molecule has 2 amide bonds. The van der Waals surface area contributed by atoms with Gasteiger partial charge in [-0.1, -0.05) is 12.1 Å². The van der Waals surface area contributed by atoms with Gasteiger partial charge in [0.1, 0.15) is 5.58 Å². The van der Waals surface area contributed by atoms with Gasteiger partial charge in [0.05, 0.1) is 30.5 Å². The molecule has 1 unspecified atom stereocenters. The zero-order chi connectivity index (χ0) is 19.1. The van der Waals surface area contributed by atoms with Gasteiger partial charge in [-0.2, -0.15) is 0 Å². The number of urea groups is 1. The number of methoxy groups -OCH3 is 1. The first-order valence-electron chi connectivity index (χ1n) is 9.19. The molecule has 1 spiro atoms. The second kappa shape index (κ2) is 6.74. The molecule has 1 aromatic carbocycles. The molecule has 2 fully saturated rings. The predicted octanol–water partition coefficient (Wildman–Crippen LogP) is 2.55. The monoisotopic (exact) mass is 392 g/mol. The second-order valence-corrected chi connectivity index (χ2v) is 9.76. The zero-order valence-electron chi connectivity index (χ0n) is 15.4. The van der Waals surface area contributed by atoms with Gasteiger partial charge in [-0.3, -0.25) is 0 Å². The molecule has 1 aromatic heterocycles. The fourth-order valence-corrected chi connectivity index (χ4v) is 6.57. The average Bonchev–Trinajstić information content (AvgIpc) is 3.16. The average molecular weight is 392 g/mol. The summed E-state index contributed by atoms with van der Waals surface area (Å²) in [6.45, 7) is 1.36. The molecular weight excluding hydrogens is 368 g/mol. The van der Waals surface area contributed by atoms with E-state index in [1.807, 2.05) is 24.3 Å². The van der Waals surface area contributed by atoms with Crippen LogP contribution in [0.2, 0.25) is 0 Å². The Kier molecular flexibility index (Phi) is 4.53. The maximum Gasteiger partial charge on any atom is 0.317 e. The van der Waals surface area contributed by atoms with Gasteiger partial charge in [0.15, 0.2) is 21.3 Å². The van der Waals surface area contributed by atoms with E-state index >= 15 is 0 Å². The van der Waals surface area contributed by atoms with Gasteiger partial charge in [0.2, 0.25) is 0 Å². The van der Waals surface area contributed by atoms with Crippen LogP contribution in [0.3, 0.4) is 0 Å². The summed E-state index contributed by atoms with van der Waals surface area (Å²) >= 11 is 0. The highest BCUT2D eigenvalue weighted by atomic mass is 32.2. The molecule has 27 heavy (non-hydrogen) atoms. The van der Waals surface area contributed by atoms with E-state index < -0.39 is 9.84 Å². The molecule has 0 bridgehead atoms. The van der Waals surface area contributed by atoms with Crippen LogP contribution >= 0.6 is 0 Å². The van der Waals surface area contributed by atoms with E-state index in [-0.39, 0.29) is 29.5 Å². The largest absolute Gasteiger partial charge is 0.492 e. The third-order valence-corrected chi connectivity index (χ3v) is 7.52. The van der Waals surface area contributed by atoms with Crippen molar-refractivity contribution >= 4 is 26.8 Å². The molecule has 146 valence electrons. The number of piperidine rings is 1. The first-order chi connectivity index (χ1) is 12.9. The Hall–Kier alpha value is -2.22. The quantitative estimate of drug-likeness (QED) is 0.867. The van der Waals surface area contributed by atoms with Crippen molar-refractivity contribution < 1.29 is 22.4 Å². The SMILES string of the molecule is COc1c(CNC(=O)N2CCCC3(CCS(=O)(=O)C3)C2)oc2ccccc12. The molecule has 2 aliphatic rings. The molecule has 0 saturated carbocycles. The summed E-state index contributed by atoms with van der Waals surface area (Å²) in [4.78, 5) is 14.4. The number of nitrogens with one attached hydrogen (secondary N) is 1. The van der Waals surface area contributed by atoms with Crippen molar-refractivity contribution in [1.29, 1.82) is 0 Å². The number of rotatable bonds is 3. The number of carbonyl (C=O) groups is 1. The standard InChI is InChI=1S/C19H24N2O5S/c1-25-17-14-5-2-3-6-15(14)26-16(17)11-20-18(22)21-9-4-7-19(12-21)8-10-27(23,24)13-19/h2-3,5-6H,4,7-13H2,1H3,(H,20,22). The summed E-state index contributed by atoms with van der Waals surface area (Å²) < 4.78 is 35.1. The van der Waals surface area contributed by atoms with Gasteiger partial charge < -0.3 is 19.4 Å². The molecule has 7 nitrogen and oxygen atoms in total. The van der Waals surface area contributed by atoms with Crippen molar-refractivity contribution in [2.75, 3.05) is 31.7 Å². The van der Waals surface area contributed by atoms with Crippen molar-refractivity contribution in [2.24, 2.45) is 5.41 Å². The van der Waals surface area contributed by atoms with Crippen LogP contribution in [-0.2, 0) is 16.4 Å². The van der Waals surface area contributed by atoms with Gasteiger partial charge in [-0.15, -0.1) is 0 Å². The number of hydrogen-bond donors (Lipinski definition) is 1. The lowest BCUT2D eigenvalue weighted by Crippen LogP contribution is -2.50. The Morgan fingerprint density at radius 2 is 2.15 bits per heavy atom. The van der Waals surface area contributed by atoms with Crippen LogP contribution < -0.4 is 10.1 Å². The summed E-state index contributed by atoms with van der Waals surface area (Å²) in [5.74, 6) is 1.63. The second-order valence-electron chi connectivity index (χ2n) is 7.58. The van der Waals surface area contributed by atoms with Gasteiger partial charge in [-0.25, -0.2) is 13.2 Å². The number of fused-ring (bicyclic) bond motifs is 1. The summed E-state index contributed by atoms with van der Waals surface area (Å²) in [7, 11) is -1.39. The molecule has 0 radical (unpaired) electrons.